The summed E-state index contributed by atoms with van der Waals surface area (Å²) in [6.45, 7) is 4.15. The van der Waals surface area contributed by atoms with E-state index >= 15 is 0 Å². The van der Waals surface area contributed by atoms with Crippen LogP contribution in [0, 0.1) is 0 Å². The van der Waals surface area contributed by atoms with Crippen LogP contribution in [0.1, 0.15) is 46.0 Å². The van der Waals surface area contributed by atoms with Crippen molar-refractivity contribution in [3.63, 3.8) is 0 Å². The van der Waals surface area contributed by atoms with Gasteiger partial charge < -0.3 is 5.11 Å². The summed E-state index contributed by atoms with van der Waals surface area (Å²) >= 11 is 0. The van der Waals surface area contributed by atoms with Crippen LogP contribution in [0.5, 0.6) is 0 Å². The van der Waals surface area contributed by atoms with E-state index in [0.29, 0.717) is 0 Å². The molecule has 0 rings (SSSR count). The molecule has 0 aromatic rings. The summed E-state index contributed by atoms with van der Waals surface area (Å²) in [6, 6.07) is 0. The molecule has 0 amide bonds. The SMILES string of the molecule is CC=C/C=C/CCC(O)CCCC. The van der Waals surface area contributed by atoms with Crippen molar-refractivity contribution in [2.45, 2.75) is 52.1 Å². The molecule has 0 spiro atoms. The van der Waals surface area contributed by atoms with Gasteiger partial charge in [-0.3, -0.25) is 0 Å². The normalized spacial score (nSPS) is 14.4. The van der Waals surface area contributed by atoms with E-state index in [9.17, 15) is 5.11 Å². The Morgan fingerprint density at radius 3 is 2.62 bits per heavy atom. The van der Waals surface area contributed by atoms with Crippen molar-refractivity contribution in [1.29, 1.82) is 0 Å². The lowest BCUT2D eigenvalue weighted by Gasteiger charge is -2.06. The van der Waals surface area contributed by atoms with Gasteiger partial charge in [-0.05, 0) is 26.2 Å². The van der Waals surface area contributed by atoms with Crippen molar-refractivity contribution in [2.24, 2.45) is 0 Å². The maximum Gasteiger partial charge on any atom is 0.0543 e. The average molecular weight is 182 g/mol. The Morgan fingerprint density at radius 1 is 1.23 bits per heavy atom. The zero-order chi connectivity index (χ0) is 9.94. The molecule has 1 unspecified atom stereocenters. The highest BCUT2D eigenvalue weighted by atomic mass is 16.3. The summed E-state index contributed by atoms with van der Waals surface area (Å²) in [4.78, 5) is 0. The van der Waals surface area contributed by atoms with Crippen LogP contribution in [-0.2, 0) is 0 Å². The first-order valence-corrected chi connectivity index (χ1v) is 5.27. The fraction of sp³-hybridized carbons (Fsp3) is 0.667. The molecule has 1 nitrogen and oxygen atoms in total. The van der Waals surface area contributed by atoms with Gasteiger partial charge in [-0.1, -0.05) is 44.1 Å². The highest BCUT2D eigenvalue weighted by Gasteiger charge is 2.00. The lowest BCUT2D eigenvalue weighted by molar-refractivity contribution is 0.153. The van der Waals surface area contributed by atoms with Crippen molar-refractivity contribution < 1.29 is 5.11 Å². The van der Waals surface area contributed by atoms with E-state index in [1.54, 1.807) is 0 Å². The van der Waals surface area contributed by atoms with Gasteiger partial charge >= 0.3 is 0 Å². The van der Waals surface area contributed by atoms with Gasteiger partial charge in [0.05, 0.1) is 6.10 Å². The topological polar surface area (TPSA) is 20.2 Å². The molecular weight excluding hydrogens is 160 g/mol. The molecule has 0 fully saturated rings. The van der Waals surface area contributed by atoms with Crippen LogP contribution >= 0.6 is 0 Å². The molecule has 13 heavy (non-hydrogen) atoms. The van der Waals surface area contributed by atoms with Crippen molar-refractivity contribution in [1.82, 2.24) is 0 Å². The summed E-state index contributed by atoms with van der Waals surface area (Å²) < 4.78 is 0. The lowest BCUT2D eigenvalue weighted by atomic mass is 10.1. The minimum Gasteiger partial charge on any atom is -0.393 e. The third kappa shape index (κ3) is 9.35. The second-order valence-corrected chi connectivity index (χ2v) is 3.33. The summed E-state index contributed by atoms with van der Waals surface area (Å²) in [7, 11) is 0. The highest BCUT2D eigenvalue weighted by Crippen LogP contribution is 2.06. The Balaban J connectivity index is 3.30. The van der Waals surface area contributed by atoms with Crippen LogP contribution in [0.15, 0.2) is 24.3 Å². The summed E-state index contributed by atoms with van der Waals surface area (Å²) in [5, 5.41) is 9.48. The minimum atomic E-state index is -0.102. The van der Waals surface area contributed by atoms with Crippen molar-refractivity contribution in [2.75, 3.05) is 0 Å². The van der Waals surface area contributed by atoms with E-state index in [1.165, 1.54) is 6.42 Å². The molecule has 0 aliphatic rings. The van der Waals surface area contributed by atoms with Gasteiger partial charge in [-0.15, -0.1) is 0 Å². The first kappa shape index (κ1) is 12.4. The fourth-order valence-corrected chi connectivity index (χ4v) is 1.16. The monoisotopic (exact) mass is 182 g/mol. The quantitative estimate of drug-likeness (QED) is 0.598. The Morgan fingerprint density at radius 2 is 2.00 bits per heavy atom. The van der Waals surface area contributed by atoms with Gasteiger partial charge in [-0.25, -0.2) is 0 Å². The number of aliphatic hydroxyl groups excluding tert-OH is 1. The van der Waals surface area contributed by atoms with Gasteiger partial charge in [0.1, 0.15) is 0 Å². The molecule has 0 radical (unpaired) electrons. The van der Waals surface area contributed by atoms with Crippen molar-refractivity contribution >= 4 is 0 Å². The maximum atomic E-state index is 9.48. The fourth-order valence-electron chi connectivity index (χ4n) is 1.16. The summed E-state index contributed by atoms with van der Waals surface area (Å²) in [6.07, 6.45) is 13.2. The van der Waals surface area contributed by atoms with E-state index in [0.717, 1.165) is 25.7 Å². The molecule has 0 aromatic heterocycles. The Bertz CT molecular complexity index is 147. The van der Waals surface area contributed by atoms with E-state index < -0.39 is 0 Å². The van der Waals surface area contributed by atoms with Crippen LogP contribution in [0.2, 0.25) is 0 Å². The molecule has 0 aromatic carbocycles. The molecule has 0 bridgehead atoms. The highest BCUT2D eigenvalue weighted by molar-refractivity contribution is 5.00. The predicted octanol–water partition coefficient (Wildman–Crippen LogP) is 3.45. The smallest absolute Gasteiger partial charge is 0.0543 e. The standard InChI is InChI=1S/C12H22O/c1-3-5-7-8-9-11-12(13)10-6-4-2/h3,5,7-8,12-13H,4,6,9-11H2,1-2H3/b5-3?,8-7+. The van der Waals surface area contributed by atoms with Gasteiger partial charge in [0, 0.05) is 0 Å². The van der Waals surface area contributed by atoms with Crippen LogP contribution < -0.4 is 0 Å². The van der Waals surface area contributed by atoms with E-state index in [2.05, 4.69) is 13.0 Å². The number of hydrogen-bond donors (Lipinski definition) is 1. The molecule has 1 heteroatoms. The number of allylic oxidation sites excluding steroid dienone is 4. The minimum absolute atomic E-state index is 0.102. The molecule has 0 heterocycles. The Kier molecular flexibility index (Phi) is 9.12. The van der Waals surface area contributed by atoms with Gasteiger partial charge in [-0.2, -0.15) is 0 Å². The number of rotatable bonds is 7. The number of hydrogen-bond acceptors (Lipinski definition) is 1. The first-order chi connectivity index (χ1) is 6.31. The third-order valence-electron chi connectivity index (χ3n) is 2.00. The van der Waals surface area contributed by atoms with Crippen LogP contribution in [-0.4, -0.2) is 11.2 Å². The second-order valence-electron chi connectivity index (χ2n) is 3.33. The zero-order valence-electron chi connectivity index (χ0n) is 8.87. The molecule has 76 valence electrons. The first-order valence-electron chi connectivity index (χ1n) is 5.27. The van der Waals surface area contributed by atoms with Crippen LogP contribution in [0.3, 0.4) is 0 Å². The van der Waals surface area contributed by atoms with E-state index in [1.807, 2.05) is 25.2 Å². The van der Waals surface area contributed by atoms with Crippen molar-refractivity contribution in [3.8, 4) is 0 Å². The Hall–Kier alpha value is -0.560. The molecule has 0 saturated carbocycles. The summed E-state index contributed by atoms with van der Waals surface area (Å²) in [5.41, 5.74) is 0. The van der Waals surface area contributed by atoms with E-state index in [-0.39, 0.29) is 6.10 Å². The molecule has 0 aliphatic carbocycles. The third-order valence-corrected chi connectivity index (χ3v) is 2.00. The number of aliphatic hydroxyl groups is 1. The average Bonchev–Trinajstić information content (AvgIpc) is 2.14. The van der Waals surface area contributed by atoms with Gasteiger partial charge in [0.25, 0.3) is 0 Å². The van der Waals surface area contributed by atoms with Gasteiger partial charge in [0.2, 0.25) is 0 Å². The van der Waals surface area contributed by atoms with Crippen LogP contribution in [0.4, 0.5) is 0 Å². The largest absolute Gasteiger partial charge is 0.393 e. The number of unbranched alkanes of at least 4 members (excludes halogenated alkanes) is 1. The zero-order valence-corrected chi connectivity index (χ0v) is 8.87. The molecule has 1 N–H and O–H groups in total. The lowest BCUT2D eigenvalue weighted by Crippen LogP contribution is -2.04. The Labute approximate surface area is 82.2 Å². The molecule has 0 saturated heterocycles. The molecule has 1 atom stereocenters. The second kappa shape index (κ2) is 9.53. The summed E-state index contributed by atoms with van der Waals surface area (Å²) in [5.74, 6) is 0. The molecular formula is C12H22O. The maximum absolute atomic E-state index is 9.48. The van der Waals surface area contributed by atoms with Crippen LogP contribution in [0.25, 0.3) is 0 Å². The van der Waals surface area contributed by atoms with Gasteiger partial charge in [0.15, 0.2) is 0 Å². The molecule has 0 aliphatic heterocycles. The van der Waals surface area contributed by atoms with Crippen molar-refractivity contribution in [3.05, 3.63) is 24.3 Å². The predicted molar refractivity (Wildman–Crippen MR) is 58.7 cm³/mol. The van der Waals surface area contributed by atoms with E-state index in [4.69, 9.17) is 0 Å².